The van der Waals surface area contributed by atoms with Gasteiger partial charge in [-0.1, -0.05) is 23.3 Å². The molecule has 5 rings (SSSR count). The molecule has 0 aromatic heterocycles. The van der Waals surface area contributed by atoms with Gasteiger partial charge in [0.2, 0.25) is 12.6 Å². The highest BCUT2D eigenvalue weighted by Crippen LogP contribution is 2.53. The fourth-order valence-corrected chi connectivity index (χ4v) is 5.09. The molecule has 0 radical (unpaired) electrons. The van der Waals surface area contributed by atoms with Gasteiger partial charge in [0.25, 0.3) is 0 Å². The highest BCUT2D eigenvalue weighted by atomic mass is 16.7. The Kier molecular flexibility index (Phi) is 5.74. The number of carbonyl (C=O) groups is 2. The van der Waals surface area contributed by atoms with E-state index in [0.717, 1.165) is 11.1 Å². The molecule has 3 heterocycles. The van der Waals surface area contributed by atoms with Crippen LogP contribution in [0.1, 0.15) is 52.0 Å². The van der Waals surface area contributed by atoms with E-state index in [1.165, 1.54) is 7.11 Å². The van der Waals surface area contributed by atoms with Crippen LogP contribution in [0, 0.1) is 5.41 Å². The van der Waals surface area contributed by atoms with Crippen molar-refractivity contribution < 1.29 is 33.3 Å². The van der Waals surface area contributed by atoms with Crippen molar-refractivity contribution in [2.24, 2.45) is 5.41 Å². The standard InChI is InChI=1S/C28H30O7/c1-15(2)6-8-28(9-7-16(3)4)26(30)22(31-5)11-18-25(29)24-17-10-20-21(34-14-33-20)12-19(17)32-13-23(24)35-27(18)28/h6-7,10-12,23-24H,8-9,13-14H2,1-5H3/t23-,24+/m1/s1. The summed E-state index contributed by atoms with van der Waals surface area (Å²) < 4.78 is 29.1. The second kappa shape index (κ2) is 8.63. The summed E-state index contributed by atoms with van der Waals surface area (Å²) in [4.78, 5) is 27.9. The average molecular weight is 479 g/mol. The van der Waals surface area contributed by atoms with Crippen molar-refractivity contribution in [1.29, 1.82) is 0 Å². The fourth-order valence-electron chi connectivity index (χ4n) is 5.09. The Morgan fingerprint density at radius 1 is 1.00 bits per heavy atom. The molecule has 7 nitrogen and oxygen atoms in total. The first-order chi connectivity index (χ1) is 16.7. The van der Waals surface area contributed by atoms with Gasteiger partial charge in [-0.3, -0.25) is 9.59 Å². The molecular formula is C28H30O7. The van der Waals surface area contributed by atoms with Crippen LogP contribution in [0.2, 0.25) is 0 Å². The number of fused-ring (bicyclic) bond motifs is 4. The summed E-state index contributed by atoms with van der Waals surface area (Å²) in [5, 5.41) is 0. The minimum absolute atomic E-state index is 0.111. The van der Waals surface area contributed by atoms with Crippen molar-refractivity contribution in [3.05, 3.63) is 64.2 Å². The summed E-state index contributed by atoms with van der Waals surface area (Å²) >= 11 is 0. The van der Waals surface area contributed by atoms with Gasteiger partial charge >= 0.3 is 0 Å². The third-order valence-corrected chi connectivity index (χ3v) is 6.98. The van der Waals surface area contributed by atoms with E-state index in [9.17, 15) is 9.59 Å². The summed E-state index contributed by atoms with van der Waals surface area (Å²) in [6, 6.07) is 3.57. The molecule has 0 bridgehead atoms. The van der Waals surface area contributed by atoms with E-state index in [-0.39, 0.29) is 30.7 Å². The number of rotatable bonds is 5. The molecule has 4 aliphatic rings. The lowest BCUT2D eigenvalue weighted by Crippen LogP contribution is -2.48. The molecule has 35 heavy (non-hydrogen) atoms. The minimum atomic E-state index is -1.07. The second-order valence-corrected chi connectivity index (χ2v) is 9.89. The van der Waals surface area contributed by atoms with Crippen molar-refractivity contribution in [3.63, 3.8) is 0 Å². The van der Waals surface area contributed by atoms with Crippen molar-refractivity contribution in [2.45, 2.75) is 52.6 Å². The molecule has 0 amide bonds. The van der Waals surface area contributed by atoms with Crippen molar-refractivity contribution in [3.8, 4) is 17.2 Å². The lowest BCUT2D eigenvalue weighted by Gasteiger charge is -2.44. The van der Waals surface area contributed by atoms with Crippen LogP contribution in [0.15, 0.2) is 58.6 Å². The minimum Gasteiger partial charge on any atom is -0.493 e. The molecule has 2 atom stereocenters. The van der Waals surface area contributed by atoms with E-state index in [4.69, 9.17) is 23.7 Å². The largest absolute Gasteiger partial charge is 0.493 e. The van der Waals surface area contributed by atoms with Gasteiger partial charge in [0.1, 0.15) is 29.6 Å². The van der Waals surface area contributed by atoms with E-state index in [0.29, 0.717) is 47.0 Å². The summed E-state index contributed by atoms with van der Waals surface area (Å²) in [6.45, 7) is 8.28. The van der Waals surface area contributed by atoms with Gasteiger partial charge in [0.05, 0.1) is 18.6 Å². The predicted octanol–water partition coefficient (Wildman–Crippen LogP) is 4.93. The number of carbonyl (C=O) groups excluding carboxylic acids is 2. The molecule has 0 unspecified atom stereocenters. The van der Waals surface area contributed by atoms with Crippen LogP contribution in [0.3, 0.4) is 0 Å². The normalized spacial score (nSPS) is 23.2. The van der Waals surface area contributed by atoms with Crippen LogP contribution in [-0.4, -0.2) is 38.2 Å². The Hall–Kier alpha value is -3.48. The first-order valence-corrected chi connectivity index (χ1v) is 11.8. The number of hydrogen-bond acceptors (Lipinski definition) is 7. The van der Waals surface area contributed by atoms with Crippen LogP contribution in [0.5, 0.6) is 17.2 Å². The number of benzene rings is 1. The molecule has 0 N–H and O–H groups in total. The highest BCUT2D eigenvalue weighted by Gasteiger charge is 2.55. The molecule has 1 aromatic carbocycles. The Balaban J connectivity index is 1.66. The van der Waals surface area contributed by atoms with Crippen molar-refractivity contribution in [2.75, 3.05) is 20.5 Å². The number of ketones is 2. The number of ether oxygens (including phenoxy) is 5. The van der Waals surface area contributed by atoms with Gasteiger partial charge in [-0.15, -0.1) is 0 Å². The summed E-state index contributed by atoms with van der Waals surface area (Å²) in [5.41, 5.74) is 2.18. The highest BCUT2D eigenvalue weighted by molar-refractivity contribution is 6.12. The zero-order valence-corrected chi connectivity index (χ0v) is 20.7. The van der Waals surface area contributed by atoms with Gasteiger partial charge in [-0.25, -0.2) is 0 Å². The first kappa shape index (κ1) is 23.3. The first-order valence-electron chi connectivity index (χ1n) is 11.8. The number of hydrogen-bond donors (Lipinski definition) is 0. The summed E-state index contributed by atoms with van der Waals surface area (Å²) in [5.74, 6) is 1.46. The predicted molar refractivity (Wildman–Crippen MR) is 128 cm³/mol. The smallest absolute Gasteiger partial charge is 0.231 e. The molecule has 3 aliphatic heterocycles. The van der Waals surface area contributed by atoms with Gasteiger partial charge in [0.15, 0.2) is 23.0 Å². The maximum absolute atomic E-state index is 14.1. The fraction of sp³-hybridized carbons (Fsp3) is 0.429. The van der Waals surface area contributed by atoms with Crippen LogP contribution >= 0.6 is 0 Å². The second-order valence-electron chi connectivity index (χ2n) is 9.89. The Morgan fingerprint density at radius 3 is 2.29 bits per heavy atom. The van der Waals surface area contributed by atoms with Crippen LogP contribution < -0.4 is 14.2 Å². The third kappa shape index (κ3) is 3.74. The van der Waals surface area contributed by atoms with Crippen LogP contribution in [-0.2, 0) is 19.1 Å². The van der Waals surface area contributed by atoms with Gasteiger partial charge in [-0.05, 0) is 52.7 Å². The van der Waals surface area contributed by atoms with Crippen LogP contribution in [0.25, 0.3) is 0 Å². The average Bonchev–Trinajstić information content (AvgIpc) is 3.28. The monoisotopic (exact) mass is 478 g/mol. The van der Waals surface area contributed by atoms with Crippen LogP contribution in [0.4, 0.5) is 0 Å². The zero-order chi connectivity index (χ0) is 24.9. The van der Waals surface area contributed by atoms with Crippen molar-refractivity contribution in [1.82, 2.24) is 0 Å². The number of Topliss-reactive ketones (excluding diaryl/α,β-unsaturated/α-hetero) is 2. The van der Waals surface area contributed by atoms with E-state index in [1.54, 1.807) is 18.2 Å². The van der Waals surface area contributed by atoms with Gasteiger partial charge in [0, 0.05) is 11.6 Å². The summed E-state index contributed by atoms with van der Waals surface area (Å²) in [6.07, 6.45) is 5.83. The maximum Gasteiger partial charge on any atom is 0.231 e. The SMILES string of the molecule is COC1=CC2=C(O[C@@H]3COc4cc5c(cc4[C@@H]3C2=O)OCO5)C(CC=C(C)C)(CC=C(C)C)C1=O. The molecule has 1 aliphatic carbocycles. The van der Waals surface area contributed by atoms with E-state index in [1.807, 2.05) is 39.8 Å². The molecule has 0 spiro atoms. The third-order valence-electron chi connectivity index (χ3n) is 6.98. The zero-order valence-electron chi connectivity index (χ0n) is 20.7. The molecule has 1 aromatic rings. The number of methoxy groups -OCH3 is 1. The lowest BCUT2D eigenvalue weighted by molar-refractivity contribution is -0.133. The maximum atomic E-state index is 14.1. The van der Waals surface area contributed by atoms with E-state index < -0.39 is 17.4 Å². The molecule has 0 fully saturated rings. The van der Waals surface area contributed by atoms with E-state index >= 15 is 0 Å². The number of allylic oxidation sites excluding steroid dienone is 8. The molecular weight excluding hydrogens is 448 g/mol. The lowest BCUT2D eigenvalue weighted by atomic mass is 9.67. The van der Waals surface area contributed by atoms with E-state index in [2.05, 4.69) is 0 Å². The Bertz CT molecular complexity index is 1200. The van der Waals surface area contributed by atoms with Gasteiger partial charge in [-0.2, -0.15) is 0 Å². The Labute approximate surface area is 205 Å². The van der Waals surface area contributed by atoms with Gasteiger partial charge < -0.3 is 23.7 Å². The molecule has 0 saturated carbocycles. The Morgan fingerprint density at radius 2 is 1.66 bits per heavy atom. The molecule has 7 heteroatoms. The molecule has 0 saturated heterocycles. The summed E-state index contributed by atoms with van der Waals surface area (Å²) in [7, 11) is 1.46. The van der Waals surface area contributed by atoms with Crippen molar-refractivity contribution >= 4 is 11.6 Å². The molecule has 184 valence electrons. The quantitative estimate of drug-likeness (QED) is 0.556. The topological polar surface area (TPSA) is 80.3 Å².